The number of rotatable bonds is 6. The van der Waals surface area contributed by atoms with E-state index in [2.05, 4.69) is 53.2 Å². The van der Waals surface area contributed by atoms with E-state index < -0.39 is 0 Å². The second kappa shape index (κ2) is 8.90. The number of anilines is 1. The first-order chi connectivity index (χ1) is 14.1. The summed E-state index contributed by atoms with van der Waals surface area (Å²) >= 11 is 5.61. The molecule has 0 aliphatic carbocycles. The lowest BCUT2D eigenvalue weighted by Gasteiger charge is -2.29. The Morgan fingerprint density at radius 2 is 1.72 bits per heavy atom. The summed E-state index contributed by atoms with van der Waals surface area (Å²) in [6, 6.07) is 19.0. The molecule has 29 heavy (non-hydrogen) atoms. The molecule has 0 radical (unpaired) electrons. The Balaban J connectivity index is 1.42. The van der Waals surface area contributed by atoms with Gasteiger partial charge in [0.25, 0.3) is 0 Å². The van der Waals surface area contributed by atoms with Crippen molar-refractivity contribution in [1.82, 2.24) is 19.2 Å². The Morgan fingerprint density at radius 3 is 2.41 bits per heavy atom. The minimum absolute atomic E-state index is 0.644. The monoisotopic (exact) mass is 409 g/mol. The van der Waals surface area contributed by atoms with E-state index in [0.29, 0.717) is 6.67 Å². The molecule has 2 heterocycles. The highest BCUT2D eigenvalue weighted by molar-refractivity contribution is 7.71. The van der Waals surface area contributed by atoms with Crippen molar-refractivity contribution in [3.8, 4) is 11.4 Å². The first-order valence-corrected chi connectivity index (χ1v) is 10.3. The molecule has 6 nitrogen and oxygen atoms in total. The number of ether oxygens (including phenoxy) is 1. The van der Waals surface area contributed by atoms with E-state index in [1.54, 1.807) is 0 Å². The molecule has 1 aliphatic heterocycles. The molecule has 0 amide bonds. The number of hydrogen-bond acceptors (Lipinski definition) is 5. The van der Waals surface area contributed by atoms with E-state index >= 15 is 0 Å². The minimum atomic E-state index is 0.644. The number of morpholine rings is 1. The van der Waals surface area contributed by atoms with E-state index in [1.165, 1.54) is 11.3 Å². The molecule has 1 aromatic heterocycles. The van der Waals surface area contributed by atoms with Crippen molar-refractivity contribution in [3.05, 3.63) is 64.9 Å². The fraction of sp³-hybridized carbons (Fsp3) is 0.364. The van der Waals surface area contributed by atoms with Gasteiger partial charge in [0.15, 0.2) is 10.6 Å². The van der Waals surface area contributed by atoms with Crippen LogP contribution in [0.5, 0.6) is 0 Å². The summed E-state index contributed by atoms with van der Waals surface area (Å²) in [5, 5.41) is 4.75. The average molecular weight is 410 g/mol. The highest BCUT2D eigenvalue weighted by atomic mass is 32.1. The third-order valence-electron chi connectivity index (χ3n) is 5.21. The van der Waals surface area contributed by atoms with Gasteiger partial charge in [-0.25, -0.2) is 4.68 Å². The summed E-state index contributed by atoms with van der Waals surface area (Å²) in [7, 11) is 4.06. The lowest BCUT2D eigenvalue weighted by atomic mass is 10.2. The van der Waals surface area contributed by atoms with Gasteiger partial charge in [-0.05, 0) is 37.0 Å². The summed E-state index contributed by atoms with van der Waals surface area (Å²) in [4.78, 5) is 4.59. The first kappa shape index (κ1) is 19.8. The molecule has 1 saturated heterocycles. The van der Waals surface area contributed by atoms with Gasteiger partial charge in [0.1, 0.15) is 0 Å². The maximum Gasteiger partial charge on any atom is 0.199 e. The number of nitrogens with zero attached hydrogens (tertiary/aromatic N) is 5. The van der Waals surface area contributed by atoms with Gasteiger partial charge in [0, 0.05) is 37.9 Å². The Kier molecular flexibility index (Phi) is 6.08. The smallest absolute Gasteiger partial charge is 0.199 e. The largest absolute Gasteiger partial charge is 0.378 e. The first-order valence-electron chi connectivity index (χ1n) is 9.91. The lowest BCUT2D eigenvalue weighted by Crippen LogP contribution is -2.36. The zero-order valence-electron chi connectivity index (χ0n) is 17.0. The average Bonchev–Trinajstić information content (AvgIpc) is 3.04. The molecule has 0 unspecified atom stereocenters. The second-order valence-electron chi connectivity index (χ2n) is 7.45. The van der Waals surface area contributed by atoms with Crippen LogP contribution in [0.15, 0.2) is 54.6 Å². The Bertz CT molecular complexity index is 990. The van der Waals surface area contributed by atoms with Gasteiger partial charge in [-0.2, -0.15) is 5.10 Å². The predicted molar refractivity (Wildman–Crippen MR) is 118 cm³/mol. The summed E-state index contributed by atoms with van der Waals surface area (Å²) in [5.41, 5.74) is 3.61. The Morgan fingerprint density at radius 1 is 1.03 bits per heavy atom. The van der Waals surface area contributed by atoms with Gasteiger partial charge in [0.05, 0.1) is 19.9 Å². The molecule has 152 valence electrons. The van der Waals surface area contributed by atoms with Crippen molar-refractivity contribution in [2.75, 3.05) is 38.3 Å². The molecule has 2 aromatic carbocycles. The predicted octanol–water partition coefficient (Wildman–Crippen LogP) is 3.54. The van der Waals surface area contributed by atoms with Crippen molar-refractivity contribution in [3.63, 3.8) is 0 Å². The van der Waals surface area contributed by atoms with Crippen molar-refractivity contribution < 1.29 is 4.74 Å². The number of hydrogen-bond donors (Lipinski definition) is 0. The van der Waals surface area contributed by atoms with E-state index in [9.17, 15) is 0 Å². The van der Waals surface area contributed by atoms with Gasteiger partial charge >= 0.3 is 0 Å². The van der Waals surface area contributed by atoms with Crippen LogP contribution < -0.4 is 4.90 Å². The Labute approximate surface area is 176 Å². The normalized spacial score (nSPS) is 14.5. The zero-order chi connectivity index (χ0) is 20.2. The molecule has 7 heteroatoms. The molecule has 0 saturated carbocycles. The summed E-state index contributed by atoms with van der Waals surface area (Å²) in [6.45, 7) is 5.01. The van der Waals surface area contributed by atoms with Gasteiger partial charge < -0.3 is 14.2 Å². The van der Waals surface area contributed by atoms with Gasteiger partial charge in [-0.15, -0.1) is 0 Å². The zero-order valence-corrected chi connectivity index (χ0v) is 17.8. The maximum absolute atomic E-state index is 5.61. The third kappa shape index (κ3) is 4.58. The molecule has 0 spiro atoms. The van der Waals surface area contributed by atoms with Gasteiger partial charge in [-0.1, -0.05) is 42.5 Å². The van der Waals surface area contributed by atoms with Crippen LogP contribution in [0, 0.1) is 4.77 Å². The van der Waals surface area contributed by atoms with Crippen LogP contribution >= 0.6 is 12.2 Å². The highest BCUT2D eigenvalue weighted by Gasteiger charge is 2.13. The van der Waals surface area contributed by atoms with Crippen LogP contribution in [0.2, 0.25) is 0 Å². The summed E-state index contributed by atoms with van der Waals surface area (Å²) in [6.07, 6.45) is 0. The van der Waals surface area contributed by atoms with Gasteiger partial charge in [-0.3, -0.25) is 4.90 Å². The lowest BCUT2D eigenvalue weighted by molar-refractivity contribution is 0.122. The molecular weight excluding hydrogens is 382 g/mol. The van der Waals surface area contributed by atoms with Crippen LogP contribution in [0.25, 0.3) is 11.4 Å². The molecular formula is C22H27N5OS. The second-order valence-corrected chi connectivity index (χ2v) is 7.82. The topological polar surface area (TPSA) is 38.5 Å². The highest BCUT2D eigenvalue weighted by Crippen LogP contribution is 2.19. The fourth-order valence-electron chi connectivity index (χ4n) is 3.64. The summed E-state index contributed by atoms with van der Waals surface area (Å²) in [5.74, 6) is 0.888. The quantitative estimate of drug-likeness (QED) is 0.582. The molecule has 3 aromatic rings. The maximum atomic E-state index is 5.61. The van der Waals surface area contributed by atoms with Gasteiger partial charge in [0.2, 0.25) is 0 Å². The standard InChI is InChI=1S/C22H27N5OS/c1-24(16-18-8-10-20(11-9-18)26-12-14-28-15-13-26)17-27-22(29)25(2)21(23-27)19-6-4-3-5-7-19/h3-11H,12-17H2,1-2H3. The van der Waals surface area contributed by atoms with E-state index in [4.69, 9.17) is 22.1 Å². The fourth-order valence-corrected chi connectivity index (χ4v) is 3.83. The van der Waals surface area contributed by atoms with Crippen molar-refractivity contribution >= 4 is 17.9 Å². The molecule has 4 rings (SSSR count). The molecule has 0 bridgehead atoms. The molecule has 1 aliphatic rings. The van der Waals surface area contributed by atoms with Crippen LogP contribution in [0.3, 0.4) is 0 Å². The van der Waals surface area contributed by atoms with Crippen LogP contribution in [-0.4, -0.2) is 52.6 Å². The van der Waals surface area contributed by atoms with E-state index in [1.807, 2.05) is 34.5 Å². The molecule has 0 atom stereocenters. The third-order valence-corrected chi connectivity index (χ3v) is 5.70. The minimum Gasteiger partial charge on any atom is -0.378 e. The number of aromatic nitrogens is 3. The number of benzene rings is 2. The van der Waals surface area contributed by atoms with Crippen LogP contribution in [0.4, 0.5) is 5.69 Å². The van der Waals surface area contributed by atoms with Crippen LogP contribution in [0.1, 0.15) is 5.56 Å². The SMILES string of the molecule is CN(Cc1ccc(N2CCOCC2)cc1)Cn1nc(-c2ccccc2)n(C)c1=S. The van der Waals surface area contributed by atoms with E-state index in [-0.39, 0.29) is 0 Å². The van der Waals surface area contributed by atoms with E-state index in [0.717, 1.165) is 49.0 Å². The van der Waals surface area contributed by atoms with Crippen molar-refractivity contribution in [2.45, 2.75) is 13.2 Å². The molecule has 0 N–H and O–H groups in total. The van der Waals surface area contributed by atoms with Crippen molar-refractivity contribution in [1.29, 1.82) is 0 Å². The van der Waals surface area contributed by atoms with Crippen molar-refractivity contribution in [2.24, 2.45) is 7.05 Å². The molecule has 1 fully saturated rings. The Hall–Kier alpha value is -2.48. The van der Waals surface area contributed by atoms with Crippen LogP contribution in [-0.2, 0) is 25.0 Å². The summed E-state index contributed by atoms with van der Waals surface area (Å²) < 4.78 is 10.0.